The average Bonchev–Trinajstić information content (AvgIpc) is 3.59. The monoisotopic (exact) mass is 631 g/mol. The van der Waals surface area contributed by atoms with Crippen LogP contribution in [0.3, 0.4) is 0 Å². The summed E-state index contributed by atoms with van der Waals surface area (Å²) in [6, 6.07) is -0.0912. The van der Waals surface area contributed by atoms with E-state index in [4.69, 9.17) is 18.9 Å². The minimum Gasteiger partial charge on any atom is -0.459 e. The van der Waals surface area contributed by atoms with E-state index in [2.05, 4.69) is 47.8 Å². The number of alkyl halides is 1. The molecular weight excluding hydrogens is 589 g/mol. The van der Waals surface area contributed by atoms with Crippen molar-refractivity contribution in [2.24, 2.45) is 5.92 Å². The van der Waals surface area contributed by atoms with Crippen LogP contribution in [0, 0.1) is 5.92 Å². The van der Waals surface area contributed by atoms with Crippen molar-refractivity contribution in [2.75, 3.05) is 11.0 Å². The Hall–Kier alpha value is -1.27. The minimum absolute atomic E-state index is 0.0491. The smallest absolute Gasteiger partial charge is 0.303 e. The van der Waals surface area contributed by atoms with E-state index in [-0.39, 0.29) is 41.6 Å². The highest BCUT2D eigenvalue weighted by molar-refractivity contribution is 14.1. The summed E-state index contributed by atoms with van der Waals surface area (Å²) in [5.74, 6) is -0.347. The lowest BCUT2D eigenvalue weighted by atomic mass is 9.83. The summed E-state index contributed by atoms with van der Waals surface area (Å²) in [4.78, 5) is 23.3. The number of ether oxygens (including phenoxy) is 4. The van der Waals surface area contributed by atoms with Crippen molar-refractivity contribution in [1.82, 2.24) is 5.32 Å². The van der Waals surface area contributed by atoms with Crippen LogP contribution in [0.5, 0.6) is 0 Å². The van der Waals surface area contributed by atoms with Crippen molar-refractivity contribution < 1.29 is 33.6 Å². The first-order valence-electron chi connectivity index (χ1n) is 13.1. The predicted molar refractivity (Wildman–Crippen MR) is 149 cm³/mol. The highest BCUT2D eigenvalue weighted by Gasteiger charge is 2.61. The summed E-state index contributed by atoms with van der Waals surface area (Å²) in [6.45, 7) is 11.9. The first-order chi connectivity index (χ1) is 17.4. The molecule has 0 saturated carbocycles. The van der Waals surface area contributed by atoms with E-state index in [1.54, 1.807) is 13.0 Å². The molecule has 2 N–H and O–H groups in total. The number of aliphatic hydroxyl groups excluding tert-OH is 1. The topological polar surface area (TPSA) is 107 Å². The number of hydrogen-bond acceptors (Lipinski definition) is 7. The fourth-order valence-electron chi connectivity index (χ4n) is 5.14. The second-order valence-corrected chi connectivity index (χ2v) is 11.8. The molecule has 3 aliphatic rings. The van der Waals surface area contributed by atoms with Crippen molar-refractivity contribution in [3.05, 3.63) is 36.0 Å². The molecule has 0 aromatic rings. The zero-order valence-corrected chi connectivity index (χ0v) is 24.9. The Balaban J connectivity index is 1.50. The summed E-state index contributed by atoms with van der Waals surface area (Å²) in [5, 5.41) is 13.8. The van der Waals surface area contributed by atoms with Crippen LogP contribution in [0.25, 0.3) is 0 Å². The largest absolute Gasteiger partial charge is 0.459 e. The molecule has 9 atom stereocenters. The lowest BCUT2D eigenvalue weighted by Crippen LogP contribution is -2.55. The number of carbonyl (C=O) groups is 2. The lowest BCUT2D eigenvalue weighted by molar-refractivity contribution is -0.167. The van der Waals surface area contributed by atoms with E-state index in [0.717, 1.165) is 22.8 Å². The molecule has 208 valence electrons. The standard InChI is InChI=1S/C28H42INO7/c1-17(8-11-24-26(33)28(16-34-28)14-27(6,15-29)37-24)7-10-23-18(2)13-22(20(4)36-23)30-25(32)12-9-19(3)35-21(5)31/h7-9,11-12,18-20,22-24,26,33H,10,13-16H2,1-6H3,(H,30,32)/t18-,19+,20+,22?,23-,24+,26+,27-,28+/m0/s1. The van der Waals surface area contributed by atoms with Crippen LogP contribution in [0.1, 0.15) is 60.8 Å². The maximum absolute atomic E-state index is 12.3. The van der Waals surface area contributed by atoms with E-state index in [9.17, 15) is 14.7 Å². The van der Waals surface area contributed by atoms with Gasteiger partial charge in [0.15, 0.2) is 0 Å². The predicted octanol–water partition coefficient (Wildman–Crippen LogP) is 3.80. The molecule has 0 radical (unpaired) electrons. The van der Waals surface area contributed by atoms with Gasteiger partial charge in [0.05, 0.1) is 30.5 Å². The van der Waals surface area contributed by atoms with Gasteiger partial charge in [0, 0.05) is 23.8 Å². The second kappa shape index (κ2) is 12.7. The van der Waals surface area contributed by atoms with E-state index in [0.29, 0.717) is 13.0 Å². The van der Waals surface area contributed by atoms with Gasteiger partial charge in [-0.05, 0) is 52.5 Å². The molecule has 0 aromatic carbocycles. The van der Waals surface area contributed by atoms with Gasteiger partial charge in [-0.2, -0.15) is 0 Å². The number of amides is 1. The van der Waals surface area contributed by atoms with E-state index in [1.165, 1.54) is 13.0 Å². The maximum atomic E-state index is 12.3. The normalized spacial score (nSPS) is 39.2. The molecule has 37 heavy (non-hydrogen) atoms. The van der Waals surface area contributed by atoms with Gasteiger partial charge in [0.1, 0.15) is 23.9 Å². The number of nitrogens with one attached hydrogen (secondary N) is 1. The highest BCUT2D eigenvalue weighted by Crippen LogP contribution is 2.47. The van der Waals surface area contributed by atoms with Crippen LogP contribution in [0.15, 0.2) is 36.0 Å². The van der Waals surface area contributed by atoms with Crippen LogP contribution in [-0.4, -0.2) is 75.8 Å². The van der Waals surface area contributed by atoms with Crippen molar-refractivity contribution >= 4 is 34.5 Å². The number of aliphatic hydroxyl groups is 1. The molecule has 8 nitrogen and oxygen atoms in total. The van der Waals surface area contributed by atoms with Crippen LogP contribution in [0.2, 0.25) is 0 Å². The Labute approximate surface area is 234 Å². The van der Waals surface area contributed by atoms with Gasteiger partial charge >= 0.3 is 5.97 Å². The van der Waals surface area contributed by atoms with Crippen molar-refractivity contribution in [3.8, 4) is 0 Å². The molecule has 3 fully saturated rings. The third-order valence-electron chi connectivity index (χ3n) is 7.38. The molecule has 3 aliphatic heterocycles. The van der Waals surface area contributed by atoms with Crippen molar-refractivity contribution in [3.63, 3.8) is 0 Å². The first kappa shape index (κ1) is 30.3. The Bertz CT molecular complexity index is 914. The van der Waals surface area contributed by atoms with Crippen molar-refractivity contribution in [1.29, 1.82) is 0 Å². The quantitative estimate of drug-likeness (QED) is 0.0997. The summed E-state index contributed by atoms with van der Waals surface area (Å²) in [6.07, 6.45) is 9.75. The van der Waals surface area contributed by atoms with E-state index >= 15 is 0 Å². The molecule has 9 heteroatoms. The molecule has 0 aliphatic carbocycles. The minimum atomic E-state index is -0.665. The SMILES string of the molecule is CC(=O)O[C@H](C)C=CC(=O)NC1C[C@H](C)[C@H](CC=C(C)C=C[C@H]2O[C@](C)(CI)C[C@@]3(CO3)[C@@H]2O)O[C@@H]1C. The van der Waals surface area contributed by atoms with Crippen LogP contribution < -0.4 is 5.32 Å². The Morgan fingerprint density at radius 1 is 1.27 bits per heavy atom. The lowest BCUT2D eigenvalue weighted by Gasteiger charge is -2.43. The van der Waals surface area contributed by atoms with Crippen LogP contribution >= 0.6 is 22.6 Å². The van der Waals surface area contributed by atoms with Gasteiger partial charge in [-0.25, -0.2) is 0 Å². The van der Waals surface area contributed by atoms with Gasteiger partial charge in [-0.1, -0.05) is 53.3 Å². The van der Waals surface area contributed by atoms with Crippen molar-refractivity contribution in [2.45, 2.75) is 109 Å². The molecule has 0 aromatic heterocycles. The highest BCUT2D eigenvalue weighted by atomic mass is 127. The molecule has 3 heterocycles. The fraction of sp³-hybridized carbons (Fsp3) is 0.714. The molecule has 1 amide bonds. The summed E-state index contributed by atoms with van der Waals surface area (Å²) < 4.78 is 24.0. The molecule has 1 spiro atoms. The summed E-state index contributed by atoms with van der Waals surface area (Å²) >= 11 is 2.33. The number of hydrogen-bond donors (Lipinski definition) is 2. The molecule has 3 saturated heterocycles. The number of esters is 1. The van der Waals surface area contributed by atoms with Gasteiger partial charge in [0.2, 0.25) is 5.91 Å². The number of carbonyl (C=O) groups excluding carboxylic acids is 2. The van der Waals surface area contributed by atoms with Gasteiger partial charge < -0.3 is 29.4 Å². The fourth-order valence-corrected chi connectivity index (χ4v) is 5.59. The third-order valence-corrected chi connectivity index (χ3v) is 8.99. The summed E-state index contributed by atoms with van der Waals surface area (Å²) in [5.41, 5.74) is 0.302. The number of epoxide rings is 1. The number of halogens is 1. The first-order valence-corrected chi connectivity index (χ1v) is 14.6. The maximum Gasteiger partial charge on any atom is 0.303 e. The second-order valence-electron chi connectivity index (χ2n) is 11.1. The molecule has 3 rings (SSSR count). The number of allylic oxidation sites excluding steroid dienone is 2. The Kier molecular flexibility index (Phi) is 10.4. The Morgan fingerprint density at radius 2 is 1.97 bits per heavy atom. The zero-order valence-electron chi connectivity index (χ0n) is 22.7. The molecule has 0 bridgehead atoms. The van der Waals surface area contributed by atoms with Gasteiger partial charge in [-0.3, -0.25) is 9.59 Å². The van der Waals surface area contributed by atoms with E-state index < -0.39 is 23.9 Å². The van der Waals surface area contributed by atoms with Crippen LogP contribution in [-0.2, 0) is 28.5 Å². The summed E-state index contributed by atoms with van der Waals surface area (Å²) in [7, 11) is 0. The zero-order chi connectivity index (χ0) is 27.4. The van der Waals surface area contributed by atoms with Crippen LogP contribution in [0.4, 0.5) is 0 Å². The Morgan fingerprint density at radius 3 is 2.59 bits per heavy atom. The number of rotatable bonds is 9. The van der Waals surface area contributed by atoms with Gasteiger partial charge in [0.25, 0.3) is 0 Å². The third kappa shape index (κ3) is 8.36. The van der Waals surface area contributed by atoms with E-state index in [1.807, 2.05) is 26.0 Å². The molecular formula is C28H42INO7. The molecule has 1 unspecified atom stereocenters. The van der Waals surface area contributed by atoms with Gasteiger partial charge in [-0.15, -0.1) is 0 Å². The average molecular weight is 632 g/mol.